The van der Waals surface area contributed by atoms with Crippen molar-refractivity contribution in [2.45, 2.75) is 47.5 Å². The van der Waals surface area contributed by atoms with Gasteiger partial charge in [-0.3, -0.25) is 47.7 Å². The number of halogens is 3. The SMILES string of the molecule is CC(=O)NCO.CC(=O)NCOC(=O)Cl.CC(=O)NCOC(=O)NCC(=O)CCCS(=O)(=O)O.CC(=O)NCOC(=O)NCC(=O)O.CC(=O)O.NCC(=O)O.NCO.O=C(Cl)Cl. The lowest BCUT2D eigenvalue weighted by molar-refractivity contribution is -0.136. The number of carboxylic acid groups (broad SMARTS) is 3. The minimum absolute atomic E-state index is 0.0275. The lowest BCUT2D eigenvalue weighted by Crippen LogP contribution is -2.33. The molecule has 63 heavy (non-hydrogen) atoms. The van der Waals surface area contributed by atoms with Gasteiger partial charge in [0.25, 0.3) is 16.1 Å². The average Bonchev–Trinajstić information content (AvgIpc) is 3.09. The van der Waals surface area contributed by atoms with Crippen LogP contribution in [0.4, 0.5) is 19.2 Å². The highest BCUT2D eigenvalue weighted by molar-refractivity contribution is 7.85. The third kappa shape index (κ3) is 141. The summed E-state index contributed by atoms with van der Waals surface area (Å²) < 4.78 is 41.3. The van der Waals surface area contributed by atoms with E-state index in [9.17, 15) is 56.4 Å². The smallest absolute Gasteiger partial charge is 0.409 e. The van der Waals surface area contributed by atoms with E-state index in [2.05, 4.69) is 75.5 Å². The molecule has 0 aromatic heterocycles. The summed E-state index contributed by atoms with van der Waals surface area (Å²) in [6.07, 6.45) is -1.89. The van der Waals surface area contributed by atoms with Crippen molar-refractivity contribution in [1.82, 2.24) is 31.9 Å². The Morgan fingerprint density at radius 1 is 0.571 bits per heavy atom. The number of carbonyl (C=O) groups excluding carboxylic acids is 9. The Bertz CT molecular complexity index is 1440. The van der Waals surface area contributed by atoms with Gasteiger partial charge in [-0.25, -0.2) is 14.4 Å². The van der Waals surface area contributed by atoms with Gasteiger partial charge in [0.2, 0.25) is 23.6 Å². The third-order valence-electron chi connectivity index (χ3n) is 3.73. The fourth-order valence-corrected chi connectivity index (χ4v) is 2.24. The van der Waals surface area contributed by atoms with Gasteiger partial charge in [0.15, 0.2) is 26.0 Å². The molecule has 0 saturated carbocycles. The van der Waals surface area contributed by atoms with Crippen molar-refractivity contribution in [2.24, 2.45) is 11.5 Å². The van der Waals surface area contributed by atoms with E-state index in [1.165, 1.54) is 27.7 Å². The number of carboxylic acids is 3. The summed E-state index contributed by atoms with van der Waals surface area (Å²) in [6.45, 7) is 3.87. The first-order valence-electron chi connectivity index (χ1n) is 16.0. The van der Waals surface area contributed by atoms with Crippen LogP contribution in [0.5, 0.6) is 0 Å². The lowest BCUT2D eigenvalue weighted by Gasteiger charge is -2.06. The molecule has 0 aliphatic rings. The molecule has 16 N–H and O–H groups in total. The lowest BCUT2D eigenvalue weighted by atomic mass is 10.2. The number of ether oxygens (including phenoxy) is 3. The molecule has 0 unspecified atom stereocenters. The second-order valence-corrected chi connectivity index (χ2v) is 12.1. The molecule has 370 valence electrons. The van der Waals surface area contributed by atoms with Gasteiger partial charge in [-0.15, -0.1) is 0 Å². The van der Waals surface area contributed by atoms with Crippen LogP contribution in [0, 0.1) is 0 Å². The molecular weight excluding hydrogens is 955 g/mol. The van der Waals surface area contributed by atoms with E-state index >= 15 is 0 Å². The van der Waals surface area contributed by atoms with Gasteiger partial charge in [0.05, 0.1) is 25.6 Å². The summed E-state index contributed by atoms with van der Waals surface area (Å²) in [7, 11) is -4.08. The Balaban J connectivity index is -0.0000000998. The molecule has 6 amide bonds. The van der Waals surface area contributed by atoms with Crippen LogP contribution < -0.4 is 43.4 Å². The molecule has 0 aromatic carbocycles. The molecule has 0 aliphatic carbocycles. The average molecular weight is 1010 g/mol. The van der Waals surface area contributed by atoms with E-state index in [-0.39, 0.29) is 83.2 Å². The number of aliphatic hydroxyl groups excluding tert-OH is 2. The van der Waals surface area contributed by atoms with Crippen LogP contribution in [0.3, 0.4) is 0 Å². The summed E-state index contributed by atoms with van der Waals surface area (Å²) in [6, 6.07) is 0. The maximum absolute atomic E-state index is 11.2. The van der Waals surface area contributed by atoms with Crippen molar-refractivity contribution >= 4 is 115 Å². The maximum atomic E-state index is 11.2. The fourth-order valence-electron chi connectivity index (χ4n) is 1.67. The zero-order valence-electron chi connectivity index (χ0n) is 34.1. The highest BCUT2D eigenvalue weighted by Crippen LogP contribution is 1.95. The van der Waals surface area contributed by atoms with Gasteiger partial charge in [-0.1, -0.05) is 0 Å². The second kappa shape index (κ2) is 54.3. The van der Waals surface area contributed by atoms with E-state index in [0.29, 0.717) is 0 Å². The molecule has 0 bridgehead atoms. The summed E-state index contributed by atoms with van der Waals surface area (Å²) in [5.41, 5.74) is 8.05. The molecule has 0 spiro atoms. The molecule has 0 atom stereocenters. The highest BCUT2D eigenvalue weighted by atomic mass is 35.5. The van der Waals surface area contributed by atoms with Gasteiger partial charge in [0.1, 0.15) is 13.3 Å². The number of amides is 6. The number of carbonyl (C=O) groups is 12. The monoisotopic (exact) mass is 1010 g/mol. The molecule has 0 aromatic rings. The number of hydrogen-bond acceptors (Lipinski definition) is 21. The van der Waals surface area contributed by atoms with Crippen LogP contribution in [0.25, 0.3) is 0 Å². The molecule has 0 heterocycles. The van der Waals surface area contributed by atoms with Crippen LogP contribution in [0.2, 0.25) is 0 Å². The third-order valence-corrected chi connectivity index (χ3v) is 4.64. The quantitative estimate of drug-likeness (QED) is 0.0318. The number of aliphatic carboxylic acids is 3. The van der Waals surface area contributed by atoms with E-state index in [0.717, 1.165) is 6.92 Å². The molecule has 0 aliphatic heterocycles. The predicted octanol–water partition coefficient (Wildman–Crippen LogP) is -2.94. The van der Waals surface area contributed by atoms with Crippen molar-refractivity contribution in [3.05, 3.63) is 0 Å². The molecule has 0 radical (unpaired) electrons. The Morgan fingerprint density at radius 3 is 1.10 bits per heavy atom. The Kier molecular flexibility index (Phi) is 64.3. The van der Waals surface area contributed by atoms with Gasteiger partial charge in [-0.2, -0.15) is 8.42 Å². The zero-order chi connectivity index (χ0) is 51.6. The van der Waals surface area contributed by atoms with Crippen LogP contribution >= 0.6 is 34.8 Å². The highest BCUT2D eigenvalue weighted by Gasteiger charge is 2.10. The largest absolute Gasteiger partial charge is 0.481 e. The summed E-state index contributed by atoms with van der Waals surface area (Å²) >= 11 is 13.6. The van der Waals surface area contributed by atoms with E-state index in [1.54, 1.807) is 0 Å². The van der Waals surface area contributed by atoms with Crippen LogP contribution in [0.15, 0.2) is 0 Å². The molecule has 31 nitrogen and oxygen atoms in total. The molecule has 35 heteroatoms. The summed E-state index contributed by atoms with van der Waals surface area (Å²) in [5, 5.41) is 51.2. The number of nitrogens with one attached hydrogen (secondary N) is 6. The van der Waals surface area contributed by atoms with Crippen molar-refractivity contribution in [3.8, 4) is 0 Å². The maximum Gasteiger partial charge on any atom is 0.409 e. The Morgan fingerprint density at radius 2 is 0.873 bits per heavy atom. The predicted molar refractivity (Wildman–Crippen MR) is 215 cm³/mol. The molecule has 0 saturated heterocycles. The van der Waals surface area contributed by atoms with Gasteiger partial charge >= 0.3 is 34.3 Å². The van der Waals surface area contributed by atoms with Gasteiger partial charge < -0.3 is 83.1 Å². The van der Waals surface area contributed by atoms with E-state index in [1.807, 2.05) is 5.32 Å². The fraction of sp³-hybridized carbons (Fsp3) is 0.571. The Labute approximate surface area is 373 Å². The van der Waals surface area contributed by atoms with Crippen LogP contribution in [-0.4, -0.2) is 167 Å². The standard InChI is InChI=1S/C9H16N2O7S.C6H10N2O5.C4H6ClNO3.C3H7NO2.C2H5NO2.C2H4O2.CCl2O.CH5NO/c1-7(12)11-6-18-9(14)10-5-8(13)3-2-4-19(15,16)17;1-4(9)8-3-13-6(12)7-2-5(10)11;1-3(7)6-2-9-4(5)8;1-3(6)4-2-5;3-1-2(4)5;1-2(3)4;2-1(3)4;2-1-3/h2-6H2,1H3,(H,10,14)(H,11,12)(H,15,16,17);2-3H2,1H3,(H,7,12)(H,8,9)(H,10,11);2H2,1H3,(H,6,7);5H,2H2,1H3,(H,4,6);1,3H2,(H,4,5);1H3,(H,3,4);;3H,1-2H2. The number of hydrogen-bond donors (Lipinski definition) is 14. The molecular formula is C28H53Cl3N8O23S. The van der Waals surface area contributed by atoms with Crippen LogP contribution in [-0.2, 0) is 62.7 Å². The molecule has 0 rings (SSSR count). The van der Waals surface area contributed by atoms with Gasteiger partial charge in [0, 0.05) is 52.6 Å². The van der Waals surface area contributed by atoms with E-state index < -0.39 is 68.4 Å². The van der Waals surface area contributed by atoms with Gasteiger partial charge in [-0.05, 0) is 29.6 Å². The van der Waals surface area contributed by atoms with Crippen molar-refractivity contribution in [1.29, 1.82) is 0 Å². The zero-order valence-corrected chi connectivity index (χ0v) is 37.2. The Hall–Kier alpha value is -5.74. The minimum atomic E-state index is -4.08. The van der Waals surface area contributed by atoms with Crippen molar-refractivity contribution in [2.75, 3.05) is 59.0 Å². The first-order valence-corrected chi connectivity index (χ1v) is 18.7. The normalized spacial score (nSPS) is 8.59. The number of aliphatic hydroxyl groups is 2. The molecule has 0 fully saturated rings. The number of ketones is 1. The van der Waals surface area contributed by atoms with E-state index in [4.69, 9.17) is 51.3 Å². The number of rotatable bonds is 16. The summed E-state index contributed by atoms with van der Waals surface area (Å²) in [4.78, 5) is 120. The second-order valence-electron chi connectivity index (χ2n) is 9.32. The number of alkyl carbamates (subject to hydrolysis) is 2. The van der Waals surface area contributed by atoms with Crippen LogP contribution in [0.1, 0.15) is 47.5 Å². The first kappa shape index (κ1) is 74.7. The number of Topliss-reactive ketones (excluding diaryl/α,β-unsaturated/α-hetero) is 1. The topological polar surface area (TPSA) is 512 Å². The van der Waals surface area contributed by atoms with Crippen molar-refractivity contribution < 1.29 is 110 Å². The minimum Gasteiger partial charge on any atom is -0.481 e. The first-order chi connectivity index (χ1) is 28.8. The summed E-state index contributed by atoms with van der Waals surface area (Å²) in [5.74, 6) is -5.07. The number of nitrogens with two attached hydrogens (primary N) is 2. The van der Waals surface area contributed by atoms with Crippen molar-refractivity contribution in [3.63, 3.8) is 0 Å².